The maximum absolute atomic E-state index is 12.9. The summed E-state index contributed by atoms with van der Waals surface area (Å²) in [6, 6.07) is 0. The van der Waals surface area contributed by atoms with Gasteiger partial charge in [0.05, 0.1) is 19.3 Å². The van der Waals surface area contributed by atoms with Crippen molar-refractivity contribution in [2.45, 2.75) is 160 Å². The Hall–Kier alpha value is -1.69. The van der Waals surface area contributed by atoms with Crippen molar-refractivity contribution in [3.8, 4) is 0 Å². The SMILES string of the molecule is CCCCCCCCCCCCCCCCCCCCCC(=O)O[C@@H]1[C@@H]2OP(=O)(O)OC[C@H]2O[C@H]1n1cnc2c(=S)nc[nH]c21. The molecule has 0 radical (unpaired) electrons. The summed E-state index contributed by atoms with van der Waals surface area (Å²) in [5.41, 5.74) is 1.00. The van der Waals surface area contributed by atoms with Crippen LogP contribution in [0.2, 0.25) is 0 Å². The van der Waals surface area contributed by atoms with Gasteiger partial charge in [-0.25, -0.2) is 14.5 Å². The first-order valence-electron chi connectivity index (χ1n) is 17.3. The van der Waals surface area contributed by atoms with Crippen LogP contribution in [-0.2, 0) is 27.9 Å². The van der Waals surface area contributed by atoms with Crippen LogP contribution in [0.4, 0.5) is 0 Å². The fraction of sp³-hybridized carbons (Fsp3) is 0.812. The predicted octanol–water partition coefficient (Wildman–Crippen LogP) is 8.64. The van der Waals surface area contributed by atoms with Crippen LogP contribution < -0.4 is 0 Å². The molecule has 0 saturated carbocycles. The highest BCUT2D eigenvalue weighted by atomic mass is 32.1. The van der Waals surface area contributed by atoms with E-state index in [0.29, 0.717) is 15.8 Å². The molecule has 0 aliphatic carbocycles. The molecule has 2 fully saturated rings. The zero-order valence-electron chi connectivity index (χ0n) is 26.9. The van der Waals surface area contributed by atoms with Gasteiger partial charge in [0.2, 0.25) is 0 Å². The maximum atomic E-state index is 12.9. The molecule has 2 saturated heterocycles. The number of carbonyl (C=O) groups is 1. The Morgan fingerprint density at radius 3 is 2.09 bits per heavy atom. The van der Waals surface area contributed by atoms with Gasteiger partial charge in [0.15, 0.2) is 17.0 Å². The third-order valence-corrected chi connectivity index (χ3v) is 10.1. The summed E-state index contributed by atoms with van der Waals surface area (Å²) in [5, 5.41) is 0. The minimum absolute atomic E-state index is 0.160. The highest BCUT2D eigenvalue weighted by Gasteiger charge is 2.55. The van der Waals surface area contributed by atoms with Crippen LogP contribution in [-0.4, -0.2) is 55.3 Å². The molecule has 0 spiro atoms. The quantitative estimate of drug-likeness (QED) is 0.0543. The van der Waals surface area contributed by atoms with E-state index in [-0.39, 0.29) is 13.0 Å². The number of fused-ring (bicyclic) bond motifs is 2. The number of phosphoric ester groups is 1. The first kappa shape index (κ1) is 36.2. The molecule has 11 nitrogen and oxygen atoms in total. The van der Waals surface area contributed by atoms with Crippen LogP contribution in [0.5, 0.6) is 0 Å². The van der Waals surface area contributed by atoms with Crippen LogP contribution in [0, 0.1) is 4.64 Å². The highest BCUT2D eigenvalue weighted by Crippen LogP contribution is 2.53. The summed E-state index contributed by atoms with van der Waals surface area (Å²) < 4.78 is 36.4. The normalized spacial score (nSPS) is 24.7. The molecule has 4 heterocycles. The van der Waals surface area contributed by atoms with Gasteiger partial charge in [-0.1, -0.05) is 135 Å². The van der Waals surface area contributed by atoms with E-state index in [1.54, 1.807) is 4.57 Å². The van der Waals surface area contributed by atoms with Crippen molar-refractivity contribution < 1.29 is 32.8 Å². The number of nitrogens with zero attached hydrogens (tertiary/aromatic N) is 3. The largest absolute Gasteiger partial charge is 0.472 e. The summed E-state index contributed by atoms with van der Waals surface area (Å²) >= 11 is 5.27. The molecule has 1 unspecified atom stereocenters. The summed E-state index contributed by atoms with van der Waals surface area (Å²) in [6.45, 7) is 2.11. The Morgan fingerprint density at radius 2 is 1.51 bits per heavy atom. The van der Waals surface area contributed by atoms with Gasteiger partial charge in [0, 0.05) is 6.42 Å². The number of phosphoric acid groups is 1. The van der Waals surface area contributed by atoms with Crippen LogP contribution >= 0.6 is 20.0 Å². The van der Waals surface area contributed by atoms with Crippen LogP contribution in [0.3, 0.4) is 0 Å². The number of aromatic nitrogens is 4. The number of rotatable bonds is 22. The standard InChI is InChI=1S/C32H53N4O7PS/c1-2-3-4-5-6-7-8-9-10-11-12-13-14-15-16-17-18-19-20-21-26(37)42-29-28-25(22-40-44(38,39)43-28)41-32(29)36-24-35-27-30(36)33-23-34-31(27)45/h23-25,28-29,32H,2-22H2,1H3,(H,38,39)(H,33,34,45)/t25-,28-,29-,32-/m1/s1. The van der Waals surface area contributed by atoms with Crippen molar-refractivity contribution in [2.75, 3.05) is 6.61 Å². The second kappa shape index (κ2) is 19.2. The average Bonchev–Trinajstić information content (AvgIpc) is 3.59. The van der Waals surface area contributed by atoms with Crippen molar-refractivity contribution >= 4 is 37.2 Å². The molecule has 2 aromatic rings. The third-order valence-electron chi connectivity index (χ3n) is 8.85. The zero-order chi connectivity index (χ0) is 31.9. The smallest absolute Gasteiger partial charge is 0.455 e. The Bertz CT molecular complexity index is 1270. The predicted molar refractivity (Wildman–Crippen MR) is 175 cm³/mol. The summed E-state index contributed by atoms with van der Waals surface area (Å²) in [7, 11) is -4.29. The minimum Gasteiger partial charge on any atom is -0.455 e. The number of hydrogen-bond acceptors (Lipinski definition) is 9. The number of imidazole rings is 1. The maximum Gasteiger partial charge on any atom is 0.472 e. The highest BCUT2D eigenvalue weighted by molar-refractivity contribution is 7.71. The molecule has 2 aliphatic rings. The molecular formula is C32H53N4O7PS. The summed E-state index contributed by atoms with van der Waals surface area (Å²) in [6.07, 6.45) is 24.2. The first-order valence-corrected chi connectivity index (χ1v) is 19.2. The fourth-order valence-corrected chi connectivity index (χ4v) is 7.46. The van der Waals surface area contributed by atoms with Crippen molar-refractivity contribution in [1.82, 2.24) is 19.5 Å². The number of carbonyl (C=O) groups excluding carboxylic acids is 1. The second-order valence-corrected chi connectivity index (χ2v) is 14.3. The minimum atomic E-state index is -4.29. The van der Waals surface area contributed by atoms with Gasteiger partial charge in [-0.05, 0) is 6.42 Å². The molecule has 254 valence electrons. The van der Waals surface area contributed by atoms with Gasteiger partial charge in [-0.2, -0.15) is 0 Å². The molecule has 13 heteroatoms. The summed E-state index contributed by atoms with van der Waals surface area (Å²) in [5.74, 6) is -0.400. The molecule has 45 heavy (non-hydrogen) atoms. The van der Waals surface area contributed by atoms with E-state index in [4.69, 9.17) is 30.7 Å². The number of ether oxygens (including phenoxy) is 2. The molecule has 2 aromatic heterocycles. The number of hydrogen-bond donors (Lipinski definition) is 2. The van der Waals surface area contributed by atoms with E-state index in [2.05, 4.69) is 21.9 Å². The zero-order valence-corrected chi connectivity index (χ0v) is 28.6. The Balaban J connectivity index is 1.08. The summed E-state index contributed by atoms with van der Waals surface area (Å²) in [4.78, 5) is 34.2. The number of aromatic amines is 1. The van der Waals surface area contributed by atoms with E-state index >= 15 is 0 Å². The van der Waals surface area contributed by atoms with E-state index in [0.717, 1.165) is 19.3 Å². The van der Waals surface area contributed by atoms with Gasteiger partial charge >= 0.3 is 13.8 Å². The molecule has 5 atom stereocenters. The fourth-order valence-electron chi connectivity index (χ4n) is 6.30. The number of unbranched alkanes of at least 4 members (excludes halogenated alkanes) is 18. The van der Waals surface area contributed by atoms with Gasteiger partial charge in [-0.3, -0.25) is 18.4 Å². The second-order valence-electron chi connectivity index (χ2n) is 12.5. The van der Waals surface area contributed by atoms with E-state index < -0.39 is 38.3 Å². The molecule has 2 aliphatic heterocycles. The van der Waals surface area contributed by atoms with Gasteiger partial charge in [-0.15, -0.1) is 0 Å². The Labute approximate surface area is 272 Å². The lowest BCUT2D eigenvalue weighted by molar-refractivity contribution is -0.158. The van der Waals surface area contributed by atoms with Crippen molar-refractivity contribution in [3.05, 3.63) is 17.3 Å². The van der Waals surface area contributed by atoms with Crippen LogP contribution in [0.25, 0.3) is 11.2 Å². The third kappa shape index (κ3) is 11.5. The molecule has 0 amide bonds. The molecule has 0 aromatic carbocycles. The number of H-pyrrole nitrogens is 1. The molecule has 0 bridgehead atoms. The van der Waals surface area contributed by atoms with Crippen molar-refractivity contribution in [1.29, 1.82) is 0 Å². The Morgan fingerprint density at radius 1 is 0.956 bits per heavy atom. The van der Waals surface area contributed by atoms with Gasteiger partial charge in [0.1, 0.15) is 23.4 Å². The lowest BCUT2D eigenvalue weighted by Gasteiger charge is -2.29. The lowest BCUT2D eigenvalue weighted by atomic mass is 10.0. The van der Waals surface area contributed by atoms with Gasteiger partial charge in [0.25, 0.3) is 0 Å². The van der Waals surface area contributed by atoms with Gasteiger partial charge < -0.3 is 19.4 Å². The topological polar surface area (TPSA) is 138 Å². The molecule has 4 rings (SSSR count). The van der Waals surface area contributed by atoms with E-state index in [9.17, 15) is 14.3 Å². The number of nitrogens with one attached hydrogen (secondary N) is 1. The van der Waals surface area contributed by atoms with Crippen LogP contribution in [0.15, 0.2) is 12.7 Å². The average molecular weight is 669 g/mol. The van der Waals surface area contributed by atoms with E-state index in [1.807, 2.05) is 0 Å². The number of esters is 1. The van der Waals surface area contributed by atoms with Crippen molar-refractivity contribution in [2.24, 2.45) is 0 Å². The molecular weight excluding hydrogens is 615 g/mol. The van der Waals surface area contributed by atoms with E-state index in [1.165, 1.54) is 115 Å². The Kier molecular flexibility index (Phi) is 15.4. The molecule has 2 N–H and O–H groups in total. The van der Waals surface area contributed by atoms with Crippen molar-refractivity contribution in [3.63, 3.8) is 0 Å². The van der Waals surface area contributed by atoms with Crippen LogP contribution in [0.1, 0.15) is 142 Å². The first-order chi connectivity index (χ1) is 21.9. The monoisotopic (exact) mass is 668 g/mol. The lowest BCUT2D eigenvalue weighted by Crippen LogP contribution is -2.41.